The van der Waals surface area contributed by atoms with Gasteiger partial charge in [-0.2, -0.15) is 0 Å². The van der Waals surface area contributed by atoms with Crippen LogP contribution in [0.15, 0.2) is 12.2 Å². The van der Waals surface area contributed by atoms with Crippen LogP contribution in [0.1, 0.15) is 19.3 Å². The molecule has 0 heterocycles. The van der Waals surface area contributed by atoms with Gasteiger partial charge in [0.05, 0.1) is 0 Å². The van der Waals surface area contributed by atoms with E-state index in [-0.39, 0.29) is 16.9 Å². The summed E-state index contributed by atoms with van der Waals surface area (Å²) in [5.41, 5.74) is 0. The fourth-order valence-corrected chi connectivity index (χ4v) is 3.24. The van der Waals surface area contributed by atoms with Crippen molar-refractivity contribution in [3.63, 3.8) is 0 Å². The lowest BCUT2D eigenvalue weighted by Crippen LogP contribution is -2.33. The lowest BCUT2D eigenvalue weighted by atomic mass is 9.85. The van der Waals surface area contributed by atoms with Crippen LogP contribution in [0.5, 0.6) is 0 Å². The summed E-state index contributed by atoms with van der Waals surface area (Å²) in [6.07, 6.45) is 7.79. The molecule has 2 fully saturated rings. The average molecular weight is 179 g/mol. The number of hydrogen-bond donors (Lipinski definition) is 0. The second-order valence-electron chi connectivity index (χ2n) is 4.64. The molecule has 0 aromatic carbocycles. The number of rotatable bonds is 2. The maximum Gasteiger partial charge on any atom is 0.222 e. The SMILES string of the molecule is O=[N+]([O-])C1C2C=CC(C2)C1C1CC1. The molecule has 0 saturated heterocycles. The second kappa shape index (κ2) is 2.34. The summed E-state index contributed by atoms with van der Waals surface area (Å²) >= 11 is 0. The molecule has 3 aliphatic carbocycles. The Morgan fingerprint density at radius 2 is 1.92 bits per heavy atom. The van der Waals surface area contributed by atoms with Crippen molar-refractivity contribution >= 4 is 0 Å². The molecule has 2 bridgehead atoms. The maximum absolute atomic E-state index is 10.9. The van der Waals surface area contributed by atoms with Crippen molar-refractivity contribution in [1.29, 1.82) is 0 Å². The van der Waals surface area contributed by atoms with Crippen molar-refractivity contribution in [2.75, 3.05) is 0 Å². The van der Waals surface area contributed by atoms with Gasteiger partial charge in [-0.15, -0.1) is 0 Å². The smallest absolute Gasteiger partial charge is 0.222 e. The molecule has 0 aromatic heterocycles. The van der Waals surface area contributed by atoms with Crippen molar-refractivity contribution in [3.8, 4) is 0 Å². The van der Waals surface area contributed by atoms with E-state index in [4.69, 9.17) is 0 Å². The van der Waals surface area contributed by atoms with E-state index in [1.807, 2.05) is 0 Å². The Morgan fingerprint density at radius 1 is 1.23 bits per heavy atom. The number of hydrogen-bond acceptors (Lipinski definition) is 2. The van der Waals surface area contributed by atoms with E-state index >= 15 is 0 Å². The highest BCUT2D eigenvalue weighted by Gasteiger charge is 2.56. The predicted molar refractivity (Wildman–Crippen MR) is 47.7 cm³/mol. The highest BCUT2D eigenvalue weighted by atomic mass is 16.6. The Balaban J connectivity index is 1.91. The summed E-state index contributed by atoms with van der Waals surface area (Å²) < 4.78 is 0. The van der Waals surface area contributed by atoms with Gasteiger partial charge in [0, 0.05) is 16.8 Å². The summed E-state index contributed by atoms with van der Waals surface area (Å²) in [7, 11) is 0. The minimum Gasteiger partial charge on any atom is -0.264 e. The minimum atomic E-state index is -0.248. The van der Waals surface area contributed by atoms with E-state index in [9.17, 15) is 10.1 Å². The molecule has 3 rings (SSSR count). The molecule has 70 valence electrons. The third-order valence-electron chi connectivity index (χ3n) is 3.89. The Morgan fingerprint density at radius 3 is 2.54 bits per heavy atom. The fraction of sp³-hybridized carbons (Fsp3) is 0.800. The van der Waals surface area contributed by atoms with Crippen LogP contribution in [0.4, 0.5) is 0 Å². The van der Waals surface area contributed by atoms with Gasteiger partial charge >= 0.3 is 0 Å². The van der Waals surface area contributed by atoms with Gasteiger partial charge in [-0.1, -0.05) is 12.2 Å². The van der Waals surface area contributed by atoms with Crippen LogP contribution in [-0.4, -0.2) is 11.0 Å². The summed E-state index contributed by atoms with van der Waals surface area (Å²) in [6.45, 7) is 0. The van der Waals surface area contributed by atoms with Gasteiger partial charge in [0.15, 0.2) is 0 Å². The summed E-state index contributed by atoms with van der Waals surface area (Å²) in [5.74, 6) is 1.85. The highest BCUT2D eigenvalue weighted by Crippen LogP contribution is 2.54. The molecule has 0 amide bonds. The van der Waals surface area contributed by atoms with E-state index < -0.39 is 0 Å². The number of nitrogens with zero attached hydrogens (tertiary/aromatic N) is 1. The molecule has 2 saturated carbocycles. The topological polar surface area (TPSA) is 43.1 Å². The molecular formula is C10H13NO2. The lowest BCUT2D eigenvalue weighted by molar-refractivity contribution is -0.536. The number of fused-ring (bicyclic) bond motifs is 2. The van der Waals surface area contributed by atoms with Crippen LogP contribution in [0.3, 0.4) is 0 Å². The van der Waals surface area contributed by atoms with Gasteiger partial charge in [-0.3, -0.25) is 10.1 Å². The first-order valence-corrected chi connectivity index (χ1v) is 5.09. The molecule has 3 nitrogen and oxygen atoms in total. The zero-order valence-corrected chi connectivity index (χ0v) is 7.43. The average Bonchev–Trinajstić information content (AvgIpc) is 2.73. The largest absolute Gasteiger partial charge is 0.264 e. The fourth-order valence-electron chi connectivity index (χ4n) is 3.24. The first-order valence-electron chi connectivity index (χ1n) is 5.09. The normalized spacial score (nSPS) is 47.1. The summed E-state index contributed by atoms with van der Waals surface area (Å²) in [6, 6.07) is -0.248. The molecule has 13 heavy (non-hydrogen) atoms. The molecule has 0 aliphatic heterocycles. The minimum absolute atomic E-state index is 0.0306. The van der Waals surface area contributed by atoms with Crippen molar-refractivity contribution in [1.82, 2.24) is 0 Å². The zero-order chi connectivity index (χ0) is 9.00. The first-order chi connectivity index (χ1) is 6.27. The van der Waals surface area contributed by atoms with Crippen molar-refractivity contribution in [3.05, 3.63) is 22.3 Å². The van der Waals surface area contributed by atoms with Gasteiger partial charge in [0.1, 0.15) is 0 Å². The number of allylic oxidation sites excluding steroid dienone is 1. The van der Waals surface area contributed by atoms with Crippen LogP contribution in [0.2, 0.25) is 0 Å². The summed E-state index contributed by atoms with van der Waals surface area (Å²) in [5, 5.41) is 10.9. The third kappa shape index (κ3) is 0.960. The van der Waals surface area contributed by atoms with Crippen LogP contribution >= 0.6 is 0 Å². The molecular weight excluding hydrogens is 166 g/mol. The highest BCUT2D eigenvalue weighted by molar-refractivity contribution is 5.16. The molecule has 3 aliphatic rings. The van der Waals surface area contributed by atoms with Crippen molar-refractivity contribution < 1.29 is 4.92 Å². The van der Waals surface area contributed by atoms with E-state index in [0.717, 1.165) is 6.42 Å². The molecule has 3 heteroatoms. The monoisotopic (exact) mass is 179 g/mol. The molecule has 4 unspecified atom stereocenters. The third-order valence-corrected chi connectivity index (χ3v) is 3.89. The summed E-state index contributed by atoms with van der Waals surface area (Å²) in [4.78, 5) is 10.9. The Labute approximate surface area is 77.0 Å². The Bertz CT molecular complexity index is 283. The van der Waals surface area contributed by atoms with Crippen molar-refractivity contribution in [2.45, 2.75) is 25.3 Å². The van der Waals surface area contributed by atoms with Gasteiger partial charge in [-0.05, 0) is 31.1 Å². The van der Waals surface area contributed by atoms with Crippen LogP contribution in [0, 0.1) is 33.8 Å². The Hall–Kier alpha value is -0.860. The Kier molecular flexibility index (Phi) is 1.35. The van der Waals surface area contributed by atoms with E-state index in [1.54, 1.807) is 0 Å². The molecule has 4 atom stereocenters. The lowest BCUT2D eigenvalue weighted by Gasteiger charge is -2.20. The van der Waals surface area contributed by atoms with Gasteiger partial charge in [0.2, 0.25) is 6.04 Å². The molecule has 0 N–H and O–H groups in total. The first kappa shape index (κ1) is 7.54. The quantitative estimate of drug-likeness (QED) is 0.369. The van der Waals surface area contributed by atoms with Gasteiger partial charge < -0.3 is 0 Å². The van der Waals surface area contributed by atoms with E-state index in [2.05, 4.69) is 12.2 Å². The number of nitro groups is 1. The zero-order valence-electron chi connectivity index (χ0n) is 7.43. The predicted octanol–water partition coefficient (Wildman–Crippen LogP) is 1.86. The molecule has 0 spiro atoms. The van der Waals surface area contributed by atoms with Gasteiger partial charge in [-0.25, -0.2) is 0 Å². The van der Waals surface area contributed by atoms with Crippen molar-refractivity contribution in [2.24, 2.45) is 23.7 Å². The molecule has 0 radical (unpaired) electrons. The van der Waals surface area contributed by atoms with E-state index in [1.165, 1.54) is 12.8 Å². The maximum atomic E-state index is 10.9. The molecule has 0 aromatic rings. The van der Waals surface area contributed by atoms with Crippen LogP contribution < -0.4 is 0 Å². The standard InChI is InChI=1S/C10H13NO2/c12-11(13)10-8-4-3-7(5-8)9(10)6-1-2-6/h3-4,6-10H,1-2,5H2. The van der Waals surface area contributed by atoms with Crippen LogP contribution in [0.25, 0.3) is 0 Å². The second-order valence-corrected chi connectivity index (χ2v) is 4.64. The van der Waals surface area contributed by atoms with Crippen LogP contribution in [-0.2, 0) is 0 Å². The van der Waals surface area contributed by atoms with E-state index in [0.29, 0.717) is 17.8 Å². The van der Waals surface area contributed by atoms with Gasteiger partial charge in [0.25, 0.3) is 0 Å².